The van der Waals surface area contributed by atoms with E-state index in [1.165, 1.54) is 19.2 Å². The summed E-state index contributed by atoms with van der Waals surface area (Å²) < 4.78 is 4.71. The number of hydrogen-bond acceptors (Lipinski definition) is 5. The Balaban J connectivity index is 1.78. The number of carbonyl (C=O) groups is 3. The van der Waals surface area contributed by atoms with Gasteiger partial charge in [0.25, 0.3) is 11.8 Å². The third kappa shape index (κ3) is 4.39. The summed E-state index contributed by atoms with van der Waals surface area (Å²) >= 11 is 0. The van der Waals surface area contributed by atoms with Gasteiger partial charge in [0.15, 0.2) is 0 Å². The average molecular weight is 375 g/mol. The maximum atomic E-state index is 12.6. The van der Waals surface area contributed by atoms with Crippen molar-refractivity contribution >= 4 is 29.2 Å². The van der Waals surface area contributed by atoms with Crippen molar-refractivity contribution < 1.29 is 19.1 Å². The molecule has 0 aliphatic rings. The second-order valence-electron chi connectivity index (χ2n) is 5.72. The minimum absolute atomic E-state index is 0.0420. The van der Waals surface area contributed by atoms with Crippen molar-refractivity contribution in [2.45, 2.75) is 0 Å². The van der Waals surface area contributed by atoms with Crippen LogP contribution in [0, 0.1) is 0 Å². The number of pyridine rings is 1. The van der Waals surface area contributed by atoms with E-state index >= 15 is 0 Å². The van der Waals surface area contributed by atoms with E-state index in [1.807, 2.05) is 6.07 Å². The first-order chi connectivity index (χ1) is 13.6. The summed E-state index contributed by atoms with van der Waals surface area (Å²) in [4.78, 5) is 40.9. The number of carbonyl (C=O) groups excluding carboxylic acids is 3. The summed E-state index contributed by atoms with van der Waals surface area (Å²) in [5, 5.41) is 5.34. The van der Waals surface area contributed by atoms with E-state index in [1.54, 1.807) is 54.6 Å². The molecule has 0 bridgehead atoms. The molecule has 0 spiro atoms. The highest BCUT2D eigenvalue weighted by atomic mass is 16.5. The standard InChI is InChI=1S/C21H17N3O4/c1-28-21(27)15-10-5-6-11-16(15)24-20(26)18-13-7-12-17(23-18)19(25)22-14-8-3-2-4-9-14/h2-13H,1H3,(H,22,25)(H,24,26). The molecule has 0 fully saturated rings. The lowest BCUT2D eigenvalue weighted by atomic mass is 10.1. The SMILES string of the molecule is COC(=O)c1ccccc1NC(=O)c1cccc(C(=O)Nc2ccccc2)n1. The molecular formula is C21H17N3O4. The first-order valence-corrected chi connectivity index (χ1v) is 8.40. The summed E-state index contributed by atoms with van der Waals surface area (Å²) in [5.41, 5.74) is 1.27. The molecule has 0 saturated carbocycles. The Morgan fingerprint density at radius 3 is 2.04 bits per heavy atom. The third-order valence-corrected chi connectivity index (χ3v) is 3.83. The second kappa shape index (κ2) is 8.59. The molecule has 3 rings (SSSR count). The van der Waals surface area contributed by atoms with Gasteiger partial charge in [0.05, 0.1) is 18.4 Å². The number of aromatic nitrogens is 1. The quantitative estimate of drug-likeness (QED) is 0.667. The molecule has 3 aromatic rings. The van der Waals surface area contributed by atoms with Gasteiger partial charge in [0.2, 0.25) is 0 Å². The number of hydrogen-bond donors (Lipinski definition) is 2. The molecule has 0 aliphatic heterocycles. The van der Waals surface area contributed by atoms with Crippen LogP contribution in [0.1, 0.15) is 31.3 Å². The number of benzene rings is 2. The smallest absolute Gasteiger partial charge is 0.339 e. The van der Waals surface area contributed by atoms with E-state index < -0.39 is 17.8 Å². The number of nitrogens with zero attached hydrogens (tertiary/aromatic N) is 1. The van der Waals surface area contributed by atoms with E-state index in [0.717, 1.165) is 0 Å². The fraction of sp³-hybridized carbons (Fsp3) is 0.0476. The maximum Gasteiger partial charge on any atom is 0.339 e. The van der Waals surface area contributed by atoms with Crippen LogP contribution in [0.15, 0.2) is 72.8 Å². The number of para-hydroxylation sites is 2. The Morgan fingerprint density at radius 1 is 0.750 bits per heavy atom. The highest BCUT2D eigenvalue weighted by molar-refractivity contribution is 6.08. The molecule has 2 N–H and O–H groups in total. The molecule has 2 aromatic carbocycles. The van der Waals surface area contributed by atoms with E-state index in [2.05, 4.69) is 15.6 Å². The highest BCUT2D eigenvalue weighted by Gasteiger charge is 2.16. The molecule has 7 heteroatoms. The van der Waals surface area contributed by atoms with Gasteiger partial charge in [-0.05, 0) is 36.4 Å². The highest BCUT2D eigenvalue weighted by Crippen LogP contribution is 2.17. The van der Waals surface area contributed by atoms with E-state index in [-0.39, 0.29) is 17.0 Å². The fourth-order valence-corrected chi connectivity index (χ4v) is 2.47. The van der Waals surface area contributed by atoms with Crippen molar-refractivity contribution in [1.82, 2.24) is 4.98 Å². The lowest BCUT2D eigenvalue weighted by Gasteiger charge is -2.10. The van der Waals surface area contributed by atoms with Crippen LogP contribution in [-0.4, -0.2) is 29.9 Å². The number of anilines is 2. The first-order valence-electron chi connectivity index (χ1n) is 8.40. The molecule has 28 heavy (non-hydrogen) atoms. The summed E-state index contributed by atoms with van der Waals surface area (Å²) in [5.74, 6) is -1.55. The fourth-order valence-electron chi connectivity index (χ4n) is 2.47. The number of nitrogens with one attached hydrogen (secondary N) is 2. The van der Waals surface area contributed by atoms with Crippen LogP contribution in [0.2, 0.25) is 0 Å². The molecule has 7 nitrogen and oxygen atoms in total. The van der Waals surface area contributed by atoms with Crippen molar-refractivity contribution in [2.24, 2.45) is 0 Å². The second-order valence-corrected chi connectivity index (χ2v) is 5.72. The van der Waals surface area contributed by atoms with Crippen molar-refractivity contribution in [1.29, 1.82) is 0 Å². The molecule has 1 aromatic heterocycles. The van der Waals surface area contributed by atoms with Gasteiger partial charge in [0.1, 0.15) is 11.4 Å². The molecule has 0 unspecified atom stereocenters. The van der Waals surface area contributed by atoms with Gasteiger partial charge in [-0.25, -0.2) is 9.78 Å². The minimum Gasteiger partial charge on any atom is -0.465 e. The van der Waals surface area contributed by atoms with Crippen LogP contribution < -0.4 is 10.6 Å². The van der Waals surface area contributed by atoms with E-state index in [4.69, 9.17) is 4.74 Å². The van der Waals surface area contributed by atoms with Crippen molar-refractivity contribution in [2.75, 3.05) is 17.7 Å². The minimum atomic E-state index is -0.570. The monoisotopic (exact) mass is 375 g/mol. The Bertz CT molecular complexity index is 1020. The molecule has 0 atom stereocenters. The lowest BCUT2D eigenvalue weighted by Crippen LogP contribution is -2.19. The van der Waals surface area contributed by atoms with Crippen molar-refractivity contribution in [3.8, 4) is 0 Å². The summed E-state index contributed by atoms with van der Waals surface area (Å²) in [7, 11) is 1.26. The number of rotatable bonds is 5. The van der Waals surface area contributed by atoms with Gasteiger partial charge >= 0.3 is 5.97 Å². The zero-order valence-electron chi connectivity index (χ0n) is 15.0. The van der Waals surface area contributed by atoms with Gasteiger partial charge in [0, 0.05) is 5.69 Å². The van der Waals surface area contributed by atoms with Crippen molar-refractivity contribution in [3.05, 3.63) is 89.7 Å². The average Bonchev–Trinajstić information content (AvgIpc) is 2.74. The van der Waals surface area contributed by atoms with Gasteiger partial charge in [-0.15, -0.1) is 0 Å². The Hall–Kier alpha value is -4.00. The normalized spacial score (nSPS) is 10.0. The topological polar surface area (TPSA) is 97.4 Å². The molecular weight excluding hydrogens is 358 g/mol. The first kappa shape index (κ1) is 18.8. The largest absolute Gasteiger partial charge is 0.465 e. The molecule has 2 amide bonds. The van der Waals surface area contributed by atoms with Crippen LogP contribution in [0.4, 0.5) is 11.4 Å². The van der Waals surface area contributed by atoms with Gasteiger partial charge < -0.3 is 15.4 Å². The Labute approximate surface area is 161 Å². The lowest BCUT2D eigenvalue weighted by molar-refractivity contribution is 0.0602. The van der Waals surface area contributed by atoms with Crippen LogP contribution in [0.5, 0.6) is 0 Å². The summed E-state index contributed by atoms with van der Waals surface area (Å²) in [6.45, 7) is 0. The third-order valence-electron chi connectivity index (χ3n) is 3.83. The van der Waals surface area contributed by atoms with Gasteiger partial charge in [-0.2, -0.15) is 0 Å². The van der Waals surface area contributed by atoms with Crippen LogP contribution in [0.3, 0.4) is 0 Å². The number of esters is 1. The van der Waals surface area contributed by atoms with Crippen LogP contribution in [0.25, 0.3) is 0 Å². The molecule has 0 aliphatic carbocycles. The van der Waals surface area contributed by atoms with Crippen LogP contribution in [-0.2, 0) is 4.74 Å². The number of amides is 2. The van der Waals surface area contributed by atoms with Gasteiger partial charge in [-0.3, -0.25) is 9.59 Å². The molecule has 1 heterocycles. The van der Waals surface area contributed by atoms with E-state index in [0.29, 0.717) is 11.4 Å². The zero-order valence-corrected chi connectivity index (χ0v) is 15.0. The summed E-state index contributed by atoms with van der Waals surface area (Å²) in [6, 6.07) is 19.9. The van der Waals surface area contributed by atoms with Crippen LogP contribution >= 0.6 is 0 Å². The predicted molar refractivity (Wildman–Crippen MR) is 104 cm³/mol. The zero-order chi connectivity index (χ0) is 19.9. The maximum absolute atomic E-state index is 12.6. The Kier molecular flexibility index (Phi) is 5.76. The van der Waals surface area contributed by atoms with Gasteiger partial charge in [-0.1, -0.05) is 36.4 Å². The Morgan fingerprint density at radius 2 is 1.36 bits per heavy atom. The molecule has 140 valence electrons. The number of methoxy groups -OCH3 is 1. The van der Waals surface area contributed by atoms with Crippen molar-refractivity contribution in [3.63, 3.8) is 0 Å². The molecule has 0 radical (unpaired) electrons. The predicted octanol–water partition coefficient (Wildman–Crippen LogP) is 3.37. The molecule has 0 saturated heterocycles. The van der Waals surface area contributed by atoms with E-state index in [9.17, 15) is 14.4 Å². The number of ether oxygens (including phenoxy) is 1. The summed E-state index contributed by atoms with van der Waals surface area (Å²) in [6.07, 6.45) is 0.